The summed E-state index contributed by atoms with van der Waals surface area (Å²) < 4.78 is 14.4. The first-order chi connectivity index (χ1) is 6.72. The summed E-state index contributed by atoms with van der Waals surface area (Å²) in [6, 6.07) is 0. The van der Waals surface area contributed by atoms with E-state index in [9.17, 15) is 4.55 Å². The van der Waals surface area contributed by atoms with Crippen molar-refractivity contribution in [3.63, 3.8) is 0 Å². The van der Waals surface area contributed by atoms with E-state index in [4.69, 9.17) is 0 Å². The fourth-order valence-electron chi connectivity index (χ4n) is 1.12. The SMILES string of the molecule is C=CC(C)[S+]([O-])NCCCCCCC. The number of nitrogens with one attached hydrogen (secondary N) is 1. The lowest BCUT2D eigenvalue weighted by Gasteiger charge is -2.14. The van der Waals surface area contributed by atoms with Crippen LogP contribution in [0.2, 0.25) is 0 Å². The Kier molecular flexibility index (Phi) is 9.57. The topological polar surface area (TPSA) is 35.1 Å². The van der Waals surface area contributed by atoms with Crippen LogP contribution in [0.1, 0.15) is 46.0 Å². The van der Waals surface area contributed by atoms with Crippen LogP contribution >= 0.6 is 0 Å². The summed E-state index contributed by atoms with van der Waals surface area (Å²) >= 11 is -0.940. The van der Waals surface area contributed by atoms with E-state index in [1.165, 1.54) is 25.7 Å². The minimum atomic E-state index is -0.940. The van der Waals surface area contributed by atoms with Crippen LogP contribution < -0.4 is 4.72 Å². The molecule has 3 heteroatoms. The van der Waals surface area contributed by atoms with Gasteiger partial charge in [-0.15, -0.1) is 4.72 Å². The second-order valence-corrected chi connectivity index (χ2v) is 5.17. The maximum atomic E-state index is 11.4. The summed E-state index contributed by atoms with van der Waals surface area (Å²) in [5, 5.41) is 0.0469. The second-order valence-electron chi connectivity index (χ2n) is 3.55. The van der Waals surface area contributed by atoms with Gasteiger partial charge in [-0.05, 0) is 19.4 Å². The van der Waals surface area contributed by atoms with Crippen molar-refractivity contribution < 1.29 is 4.55 Å². The molecule has 14 heavy (non-hydrogen) atoms. The van der Waals surface area contributed by atoms with E-state index in [0.29, 0.717) is 0 Å². The zero-order valence-corrected chi connectivity index (χ0v) is 10.2. The van der Waals surface area contributed by atoms with Crippen molar-refractivity contribution in [1.29, 1.82) is 0 Å². The van der Waals surface area contributed by atoms with Crippen molar-refractivity contribution in [3.05, 3.63) is 12.7 Å². The third kappa shape index (κ3) is 7.42. The molecule has 0 saturated carbocycles. The Morgan fingerprint density at radius 2 is 2.00 bits per heavy atom. The van der Waals surface area contributed by atoms with Crippen molar-refractivity contribution in [2.45, 2.75) is 51.2 Å². The predicted molar refractivity (Wildman–Crippen MR) is 64.6 cm³/mol. The number of hydrogen-bond acceptors (Lipinski definition) is 2. The largest absolute Gasteiger partial charge is 0.598 e. The van der Waals surface area contributed by atoms with Crippen LogP contribution in [0.25, 0.3) is 0 Å². The molecule has 2 atom stereocenters. The molecule has 2 unspecified atom stereocenters. The van der Waals surface area contributed by atoms with Crippen LogP contribution in [-0.2, 0) is 11.4 Å². The summed E-state index contributed by atoms with van der Waals surface area (Å²) in [4.78, 5) is 0. The molecule has 2 nitrogen and oxygen atoms in total. The molecule has 0 saturated heterocycles. The van der Waals surface area contributed by atoms with Crippen LogP contribution in [0, 0.1) is 0 Å². The average Bonchev–Trinajstić information content (AvgIpc) is 2.21. The molecule has 0 aliphatic carbocycles. The highest BCUT2D eigenvalue weighted by molar-refractivity contribution is 7.90. The molecule has 0 fully saturated rings. The molecule has 0 amide bonds. The lowest BCUT2D eigenvalue weighted by atomic mass is 10.2. The molecule has 0 heterocycles. The zero-order valence-electron chi connectivity index (χ0n) is 9.42. The van der Waals surface area contributed by atoms with Gasteiger partial charge in [-0.1, -0.05) is 39.2 Å². The fourth-order valence-corrected chi connectivity index (χ4v) is 1.90. The van der Waals surface area contributed by atoms with Crippen molar-refractivity contribution in [3.8, 4) is 0 Å². The van der Waals surface area contributed by atoms with Crippen LogP contribution in [-0.4, -0.2) is 16.3 Å². The molecule has 0 bridgehead atoms. The Balaban J connectivity index is 3.22. The van der Waals surface area contributed by atoms with Crippen molar-refractivity contribution in [1.82, 2.24) is 4.72 Å². The lowest BCUT2D eigenvalue weighted by molar-refractivity contribution is 0.565. The number of rotatable bonds is 9. The van der Waals surface area contributed by atoms with Gasteiger partial charge in [-0.2, -0.15) is 0 Å². The standard InChI is InChI=1S/C11H23NOS/c1-4-6-7-8-9-10-12-14(13)11(3)5-2/h5,11-12H,2,4,6-10H2,1,3H3. The van der Waals surface area contributed by atoms with E-state index in [0.717, 1.165) is 13.0 Å². The minimum Gasteiger partial charge on any atom is -0.598 e. The maximum absolute atomic E-state index is 11.4. The van der Waals surface area contributed by atoms with E-state index in [2.05, 4.69) is 18.2 Å². The monoisotopic (exact) mass is 217 g/mol. The van der Waals surface area contributed by atoms with Crippen LogP contribution in [0.3, 0.4) is 0 Å². The first-order valence-corrected chi connectivity index (χ1v) is 6.70. The Labute approximate surface area is 91.5 Å². The summed E-state index contributed by atoms with van der Waals surface area (Å²) in [6.45, 7) is 8.59. The van der Waals surface area contributed by atoms with E-state index in [1.54, 1.807) is 6.08 Å². The van der Waals surface area contributed by atoms with Gasteiger partial charge in [0.15, 0.2) is 0 Å². The third-order valence-electron chi connectivity index (χ3n) is 2.19. The van der Waals surface area contributed by atoms with Crippen molar-refractivity contribution >= 4 is 11.4 Å². The highest BCUT2D eigenvalue weighted by Gasteiger charge is 2.11. The van der Waals surface area contributed by atoms with Gasteiger partial charge in [-0.3, -0.25) is 0 Å². The van der Waals surface area contributed by atoms with Crippen molar-refractivity contribution in [2.24, 2.45) is 0 Å². The Morgan fingerprint density at radius 3 is 2.57 bits per heavy atom. The van der Waals surface area contributed by atoms with E-state index >= 15 is 0 Å². The average molecular weight is 217 g/mol. The van der Waals surface area contributed by atoms with E-state index < -0.39 is 11.4 Å². The van der Waals surface area contributed by atoms with Crippen LogP contribution in [0.5, 0.6) is 0 Å². The van der Waals surface area contributed by atoms with Gasteiger partial charge in [0, 0.05) is 17.9 Å². The van der Waals surface area contributed by atoms with Gasteiger partial charge in [0.1, 0.15) is 5.25 Å². The second kappa shape index (κ2) is 9.56. The molecule has 0 aromatic heterocycles. The molecule has 0 spiro atoms. The highest BCUT2D eigenvalue weighted by Crippen LogP contribution is 2.03. The molecule has 1 N–H and O–H groups in total. The summed E-state index contributed by atoms with van der Waals surface area (Å²) in [7, 11) is 0. The molecule has 0 aliphatic heterocycles. The molecule has 0 aliphatic rings. The van der Waals surface area contributed by atoms with Crippen LogP contribution in [0.4, 0.5) is 0 Å². The van der Waals surface area contributed by atoms with Gasteiger partial charge in [0.25, 0.3) is 0 Å². The Hall–Kier alpha value is 0.01000. The fraction of sp³-hybridized carbons (Fsp3) is 0.818. The van der Waals surface area contributed by atoms with E-state index in [1.807, 2.05) is 6.92 Å². The normalized spacial score (nSPS) is 15.1. The maximum Gasteiger partial charge on any atom is 0.150 e. The Bertz CT molecular complexity index is 141. The summed E-state index contributed by atoms with van der Waals surface area (Å²) in [5.41, 5.74) is 0. The first-order valence-electron chi connectivity index (χ1n) is 5.49. The van der Waals surface area contributed by atoms with Gasteiger partial charge in [0.2, 0.25) is 0 Å². The molecule has 84 valence electrons. The van der Waals surface area contributed by atoms with Gasteiger partial charge in [0.05, 0.1) is 0 Å². The van der Waals surface area contributed by atoms with Gasteiger partial charge in [-0.25, -0.2) is 0 Å². The third-order valence-corrected chi connectivity index (χ3v) is 3.55. The smallest absolute Gasteiger partial charge is 0.150 e. The molecule has 0 rings (SSSR count). The molecule has 0 aromatic rings. The summed E-state index contributed by atoms with van der Waals surface area (Å²) in [6.07, 6.45) is 7.96. The summed E-state index contributed by atoms with van der Waals surface area (Å²) in [5.74, 6) is 0. The quantitative estimate of drug-likeness (QED) is 0.366. The van der Waals surface area contributed by atoms with Crippen LogP contribution in [0.15, 0.2) is 12.7 Å². The zero-order chi connectivity index (χ0) is 10.8. The first kappa shape index (κ1) is 14.0. The van der Waals surface area contributed by atoms with Crippen molar-refractivity contribution in [2.75, 3.05) is 6.54 Å². The predicted octanol–water partition coefficient (Wildman–Crippen LogP) is 2.78. The van der Waals surface area contributed by atoms with Gasteiger partial charge >= 0.3 is 0 Å². The van der Waals surface area contributed by atoms with Gasteiger partial charge < -0.3 is 4.55 Å². The number of hydrogen-bond donors (Lipinski definition) is 1. The molecule has 0 radical (unpaired) electrons. The highest BCUT2D eigenvalue weighted by atomic mass is 32.2. The molecular weight excluding hydrogens is 194 g/mol. The number of unbranched alkanes of at least 4 members (excludes halogenated alkanes) is 4. The molecular formula is C11H23NOS. The minimum absolute atomic E-state index is 0.0469. The molecule has 0 aromatic carbocycles. The van der Waals surface area contributed by atoms with E-state index in [-0.39, 0.29) is 5.25 Å². The Morgan fingerprint density at radius 1 is 1.36 bits per heavy atom. The lowest BCUT2D eigenvalue weighted by Crippen LogP contribution is -2.32.